The number of nitrogens with zero attached hydrogens (tertiary/aromatic N) is 2. The van der Waals surface area contributed by atoms with E-state index in [-0.39, 0.29) is 5.91 Å². The highest BCUT2D eigenvalue weighted by Gasteiger charge is 2.36. The van der Waals surface area contributed by atoms with E-state index < -0.39 is 5.54 Å². The predicted octanol–water partition coefficient (Wildman–Crippen LogP) is 1.24. The molecule has 2 rings (SSSR count). The van der Waals surface area contributed by atoms with E-state index in [0.29, 0.717) is 11.6 Å². The van der Waals surface area contributed by atoms with Gasteiger partial charge in [0.15, 0.2) is 0 Å². The first kappa shape index (κ1) is 14.6. The molecule has 2 heterocycles. The van der Waals surface area contributed by atoms with Crippen molar-refractivity contribution in [3.63, 3.8) is 0 Å². The summed E-state index contributed by atoms with van der Waals surface area (Å²) in [6.07, 6.45) is 3.51. The molecular weight excluding hydrogens is 256 g/mol. The van der Waals surface area contributed by atoms with Crippen LogP contribution in [0.4, 0.5) is 11.4 Å². The van der Waals surface area contributed by atoms with Crippen molar-refractivity contribution in [1.29, 1.82) is 0 Å². The molecule has 6 nitrogen and oxygen atoms in total. The van der Waals surface area contributed by atoms with Gasteiger partial charge in [-0.05, 0) is 32.4 Å². The van der Waals surface area contributed by atoms with Crippen molar-refractivity contribution in [1.82, 2.24) is 10.3 Å². The standard InChI is InChI=1S/C14H22N4O2/c1-14(7-5-8-16-14)13(19)17-11-10(18(2)3)6-9-15-12(11)20-4/h6,9,16H,5,7-8H2,1-4H3,(H,17,19). The zero-order valence-corrected chi connectivity index (χ0v) is 12.5. The molecule has 0 bridgehead atoms. The fraction of sp³-hybridized carbons (Fsp3) is 0.571. The van der Waals surface area contributed by atoms with Gasteiger partial charge in [-0.15, -0.1) is 0 Å². The Hall–Kier alpha value is -1.82. The SMILES string of the molecule is COc1nccc(N(C)C)c1NC(=O)C1(C)CCCN1. The minimum atomic E-state index is -0.523. The maximum atomic E-state index is 12.5. The van der Waals surface area contributed by atoms with E-state index >= 15 is 0 Å². The van der Waals surface area contributed by atoms with Crippen LogP contribution in [0.5, 0.6) is 5.88 Å². The maximum Gasteiger partial charge on any atom is 0.244 e. The molecule has 1 saturated heterocycles. The lowest BCUT2D eigenvalue weighted by Crippen LogP contribution is -2.48. The number of carbonyl (C=O) groups excluding carboxylic acids is 1. The van der Waals surface area contributed by atoms with Crippen LogP contribution >= 0.6 is 0 Å². The normalized spacial score (nSPS) is 21.6. The van der Waals surface area contributed by atoms with Crippen molar-refractivity contribution >= 4 is 17.3 Å². The van der Waals surface area contributed by atoms with E-state index in [1.807, 2.05) is 32.0 Å². The fourth-order valence-electron chi connectivity index (χ4n) is 2.42. The van der Waals surface area contributed by atoms with Crippen molar-refractivity contribution in [2.45, 2.75) is 25.3 Å². The summed E-state index contributed by atoms with van der Waals surface area (Å²) in [6, 6.07) is 1.85. The number of pyridine rings is 1. The predicted molar refractivity (Wildman–Crippen MR) is 79.4 cm³/mol. The first-order chi connectivity index (χ1) is 9.48. The lowest BCUT2D eigenvalue weighted by molar-refractivity contribution is -0.121. The molecule has 1 aromatic rings. The van der Waals surface area contributed by atoms with Crippen LogP contribution in [-0.4, -0.2) is 44.2 Å². The number of carbonyl (C=O) groups is 1. The van der Waals surface area contributed by atoms with Gasteiger partial charge in [0.2, 0.25) is 11.8 Å². The lowest BCUT2D eigenvalue weighted by atomic mass is 9.99. The summed E-state index contributed by atoms with van der Waals surface area (Å²) in [5.74, 6) is 0.371. The van der Waals surface area contributed by atoms with Gasteiger partial charge < -0.3 is 20.3 Å². The zero-order chi connectivity index (χ0) is 14.8. The van der Waals surface area contributed by atoms with E-state index in [0.717, 1.165) is 25.1 Å². The second-order valence-corrected chi connectivity index (χ2v) is 5.43. The fourth-order valence-corrected chi connectivity index (χ4v) is 2.42. The van der Waals surface area contributed by atoms with Crippen molar-refractivity contribution in [2.75, 3.05) is 38.0 Å². The number of amides is 1. The summed E-state index contributed by atoms with van der Waals surface area (Å²) in [7, 11) is 5.38. The molecule has 1 aliphatic heterocycles. The summed E-state index contributed by atoms with van der Waals surface area (Å²) in [4.78, 5) is 18.6. The average Bonchev–Trinajstić information content (AvgIpc) is 2.87. The van der Waals surface area contributed by atoms with E-state index in [2.05, 4.69) is 15.6 Å². The van der Waals surface area contributed by atoms with Crippen LogP contribution in [0.25, 0.3) is 0 Å². The Morgan fingerprint density at radius 2 is 2.30 bits per heavy atom. The number of hydrogen-bond acceptors (Lipinski definition) is 5. The molecule has 0 saturated carbocycles. The van der Waals surface area contributed by atoms with Crippen molar-refractivity contribution in [2.24, 2.45) is 0 Å². The quantitative estimate of drug-likeness (QED) is 0.867. The average molecular weight is 278 g/mol. The zero-order valence-electron chi connectivity index (χ0n) is 12.5. The van der Waals surface area contributed by atoms with Gasteiger partial charge in [-0.2, -0.15) is 0 Å². The molecule has 1 fully saturated rings. The van der Waals surface area contributed by atoms with Crippen LogP contribution in [0.2, 0.25) is 0 Å². The minimum absolute atomic E-state index is 0.0515. The Morgan fingerprint density at radius 3 is 2.85 bits per heavy atom. The first-order valence-electron chi connectivity index (χ1n) is 6.75. The highest BCUT2D eigenvalue weighted by molar-refractivity contribution is 6.01. The Morgan fingerprint density at radius 1 is 1.55 bits per heavy atom. The van der Waals surface area contributed by atoms with Gasteiger partial charge in [0.25, 0.3) is 0 Å². The highest BCUT2D eigenvalue weighted by atomic mass is 16.5. The molecule has 0 radical (unpaired) electrons. The van der Waals surface area contributed by atoms with E-state index in [1.54, 1.807) is 13.3 Å². The topological polar surface area (TPSA) is 66.5 Å². The van der Waals surface area contributed by atoms with Crippen LogP contribution in [-0.2, 0) is 4.79 Å². The number of nitrogens with one attached hydrogen (secondary N) is 2. The lowest BCUT2D eigenvalue weighted by Gasteiger charge is -2.25. The molecule has 2 N–H and O–H groups in total. The van der Waals surface area contributed by atoms with Crippen LogP contribution < -0.4 is 20.3 Å². The third-order valence-electron chi connectivity index (χ3n) is 3.68. The monoisotopic (exact) mass is 278 g/mol. The number of methoxy groups -OCH3 is 1. The summed E-state index contributed by atoms with van der Waals surface area (Å²) >= 11 is 0. The summed E-state index contributed by atoms with van der Waals surface area (Å²) < 4.78 is 5.26. The van der Waals surface area contributed by atoms with Crippen LogP contribution in [0.3, 0.4) is 0 Å². The Kier molecular flexibility index (Phi) is 4.13. The van der Waals surface area contributed by atoms with Gasteiger partial charge in [0.1, 0.15) is 5.69 Å². The number of aromatic nitrogens is 1. The van der Waals surface area contributed by atoms with E-state index in [9.17, 15) is 4.79 Å². The molecule has 1 amide bonds. The molecule has 6 heteroatoms. The van der Waals surface area contributed by atoms with Gasteiger partial charge in [-0.1, -0.05) is 0 Å². The van der Waals surface area contributed by atoms with Gasteiger partial charge in [0.05, 0.1) is 18.3 Å². The summed E-state index contributed by atoms with van der Waals surface area (Å²) in [5.41, 5.74) is 0.955. The molecular formula is C14H22N4O2. The third-order valence-corrected chi connectivity index (χ3v) is 3.68. The van der Waals surface area contributed by atoms with Gasteiger partial charge in [-0.25, -0.2) is 4.98 Å². The second-order valence-electron chi connectivity index (χ2n) is 5.43. The molecule has 1 aliphatic rings. The second kappa shape index (κ2) is 5.66. The highest BCUT2D eigenvalue weighted by Crippen LogP contribution is 2.33. The molecule has 1 atom stereocenters. The minimum Gasteiger partial charge on any atom is -0.479 e. The number of anilines is 2. The molecule has 20 heavy (non-hydrogen) atoms. The van der Waals surface area contributed by atoms with Crippen LogP contribution in [0.1, 0.15) is 19.8 Å². The van der Waals surface area contributed by atoms with Crippen molar-refractivity contribution in [3.8, 4) is 5.88 Å². The number of hydrogen-bond donors (Lipinski definition) is 2. The van der Waals surface area contributed by atoms with Gasteiger partial charge >= 0.3 is 0 Å². The van der Waals surface area contributed by atoms with Crippen LogP contribution in [0, 0.1) is 0 Å². The molecule has 0 aliphatic carbocycles. The third kappa shape index (κ3) is 2.70. The molecule has 1 aromatic heterocycles. The van der Waals surface area contributed by atoms with Gasteiger partial charge in [0, 0.05) is 20.3 Å². The first-order valence-corrected chi connectivity index (χ1v) is 6.75. The Labute approximate surface area is 119 Å². The Bertz CT molecular complexity index is 496. The van der Waals surface area contributed by atoms with E-state index in [1.165, 1.54) is 0 Å². The van der Waals surface area contributed by atoms with Crippen LogP contribution in [0.15, 0.2) is 12.3 Å². The largest absolute Gasteiger partial charge is 0.479 e. The molecule has 110 valence electrons. The van der Waals surface area contributed by atoms with Gasteiger partial charge in [-0.3, -0.25) is 4.79 Å². The Balaban J connectivity index is 2.30. The summed E-state index contributed by atoms with van der Waals surface area (Å²) in [6.45, 7) is 2.79. The summed E-state index contributed by atoms with van der Waals surface area (Å²) in [5, 5.41) is 6.22. The molecule has 0 aromatic carbocycles. The van der Waals surface area contributed by atoms with Crippen molar-refractivity contribution in [3.05, 3.63) is 12.3 Å². The van der Waals surface area contributed by atoms with Crippen molar-refractivity contribution < 1.29 is 9.53 Å². The molecule has 1 unspecified atom stereocenters. The number of rotatable bonds is 4. The number of ether oxygens (including phenoxy) is 1. The van der Waals surface area contributed by atoms with E-state index in [4.69, 9.17) is 4.74 Å². The smallest absolute Gasteiger partial charge is 0.244 e. The maximum absolute atomic E-state index is 12.5. The molecule has 0 spiro atoms.